The lowest BCUT2D eigenvalue weighted by Crippen LogP contribution is -2.61. The average molecular weight is 237 g/mol. The van der Waals surface area contributed by atoms with E-state index in [2.05, 4.69) is 5.32 Å². The molecule has 1 spiro atoms. The fourth-order valence-corrected chi connectivity index (χ4v) is 2.83. The average Bonchev–Trinajstić information content (AvgIpc) is 2.53. The summed E-state index contributed by atoms with van der Waals surface area (Å²) in [6.07, 6.45) is 0. The Balaban J connectivity index is 1.93. The van der Waals surface area contributed by atoms with Gasteiger partial charge in [-0.1, -0.05) is 11.6 Å². The van der Waals surface area contributed by atoms with Crippen molar-refractivity contribution in [1.29, 1.82) is 0 Å². The Labute approximate surface area is 99.4 Å². The topological polar surface area (TPSA) is 32.3 Å². The molecule has 1 amide bonds. The van der Waals surface area contributed by atoms with E-state index in [1.165, 1.54) is 5.56 Å². The van der Waals surface area contributed by atoms with Crippen LogP contribution in [0.5, 0.6) is 0 Å². The molecule has 1 aromatic carbocycles. The van der Waals surface area contributed by atoms with Crippen LogP contribution in [0, 0.1) is 0 Å². The van der Waals surface area contributed by atoms with Gasteiger partial charge >= 0.3 is 0 Å². The van der Waals surface area contributed by atoms with Crippen LogP contribution >= 0.6 is 11.6 Å². The summed E-state index contributed by atoms with van der Waals surface area (Å²) in [6.45, 7) is 4.14. The van der Waals surface area contributed by atoms with Crippen molar-refractivity contribution in [3.05, 3.63) is 28.8 Å². The summed E-state index contributed by atoms with van der Waals surface area (Å²) in [5, 5.41) is 4.15. The molecule has 0 radical (unpaired) electrons. The Morgan fingerprint density at radius 1 is 1.50 bits per heavy atom. The van der Waals surface area contributed by atoms with Gasteiger partial charge in [0.15, 0.2) is 0 Å². The van der Waals surface area contributed by atoms with Crippen molar-refractivity contribution in [3.63, 3.8) is 0 Å². The number of carbonyl (C=O) groups excluding carboxylic acids is 1. The van der Waals surface area contributed by atoms with Gasteiger partial charge in [0, 0.05) is 42.7 Å². The van der Waals surface area contributed by atoms with Crippen LogP contribution in [-0.4, -0.2) is 30.4 Å². The van der Waals surface area contributed by atoms with Gasteiger partial charge < -0.3 is 10.2 Å². The summed E-state index contributed by atoms with van der Waals surface area (Å²) in [6, 6.07) is 5.94. The molecule has 2 aliphatic heterocycles. The second-order valence-electron chi connectivity index (χ2n) is 4.70. The lowest BCUT2D eigenvalue weighted by molar-refractivity contribution is -0.135. The van der Waals surface area contributed by atoms with Crippen LogP contribution in [-0.2, 0) is 10.2 Å². The Kier molecular flexibility index (Phi) is 1.96. The zero-order valence-corrected chi connectivity index (χ0v) is 9.84. The lowest BCUT2D eigenvalue weighted by atomic mass is 9.75. The van der Waals surface area contributed by atoms with Crippen molar-refractivity contribution in [2.24, 2.45) is 0 Å². The monoisotopic (exact) mass is 236 g/mol. The van der Waals surface area contributed by atoms with Crippen molar-refractivity contribution >= 4 is 23.2 Å². The number of benzene rings is 1. The van der Waals surface area contributed by atoms with Crippen LogP contribution in [0.25, 0.3) is 0 Å². The molecular formula is C12H13ClN2O. The van der Waals surface area contributed by atoms with Crippen LogP contribution in [0.15, 0.2) is 18.2 Å². The van der Waals surface area contributed by atoms with Gasteiger partial charge in [-0.2, -0.15) is 0 Å². The van der Waals surface area contributed by atoms with Crippen LogP contribution in [0.4, 0.5) is 5.69 Å². The summed E-state index contributed by atoms with van der Waals surface area (Å²) < 4.78 is 0. The zero-order valence-electron chi connectivity index (χ0n) is 9.09. The van der Waals surface area contributed by atoms with E-state index < -0.39 is 0 Å². The molecule has 2 aliphatic rings. The predicted molar refractivity (Wildman–Crippen MR) is 63.9 cm³/mol. The molecule has 0 saturated carbocycles. The summed E-state index contributed by atoms with van der Waals surface area (Å²) in [7, 11) is 0. The van der Waals surface area contributed by atoms with Gasteiger partial charge in [0.25, 0.3) is 0 Å². The first-order chi connectivity index (χ1) is 7.61. The highest BCUT2D eigenvalue weighted by Gasteiger charge is 2.49. The van der Waals surface area contributed by atoms with E-state index in [4.69, 9.17) is 11.6 Å². The first kappa shape index (κ1) is 9.97. The molecule has 0 atom stereocenters. The van der Waals surface area contributed by atoms with Gasteiger partial charge in [0.2, 0.25) is 5.91 Å². The van der Waals surface area contributed by atoms with Crippen molar-refractivity contribution in [2.75, 3.05) is 25.0 Å². The van der Waals surface area contributed by atoms with Gasteiger partial charge in [-0.3, -0.25) is 4.79 Å². The third kappa shape index (κ3) is 1.24. The third-order valence-electron chi connectivity index (χ3n) is 3.60. The van der Waals surface area contributed by atoms with Gasteiger partial charge in [-0.15, -0.1) is 0 Å². The third-order valence-corrected chi connectivity index (χ3v) is 3.84. The number of rotatable bonds is 0. The molecule has 1 N–H and O–H groups in total. The molecule has 1 fully saturated rings. The number of fused-ring (bicyclic) bond motifs is 2. The van der Waals surface area contributed by atoms with Crippen LogP contribution in [0.2, 0.25) is 5.02 Å². The number of carbonyl (C=O) groups is 1. The summed E-state index contributed by atoms with van der Waals surface area (Å²) in [5.74, 6) is 0.154. The quantitative estimate of drug-likeness (QED) is 0.746. The number of amides is 1. The summed E-state index contributed by atoms with van der Waals surface area (Å²) in [5.41, 5.74) is 2.52. The highest BCUT2D eigenvalue weighted by molar-refractivity contribution is 6.30. The minimum absolute atomic E-state index is 0.103. The second-order valence-corrected chi connectivity index (χ2v) is 5.14. The number of likely N-dealkylation sites (tertiary alicyclic amines) is 1. The highest BCUT2D eigenvalue weighted by atomic mass is 35.5. The fourth-order valence-electron chi connectivity index (χ4n) is 2.66. The number of anilines is 1. The Morgan fingerprint density at radius 3 is 2.94 bits per heavy atom. The molecular weight excluding hydrogens is 224 g/mol. The molecule has 3 nitrogen and oxygen atoms in total. The number of hydrogen-bond acceptors (Lipinski definition) is 2. The molecule has 0 unspecified atom stereocenters. The number of nitrogens with one attached hydrogen (secondary N) is 1. The molecule has 0 aliphatic carbocycles. The molecule has 4 heteroatoms. The van der Waals surface area contributed by atoms with Crippen LogP contribution in [0.3, 0.4) is 0 Å². The molecule has 2 heterocycles. The number of nitrogens with zero attached hydrogens (tertiary/aromatic N) is 1. The van der Waals surface area contributed by atoms with Crippen LogP contribution < -0.4 is 5.32 Å². The molecule has 0 aromatic heterocycles. The first-order valence-electron chi connectivity index (χ1n) is 5.40. The van der Waals surface area contributed by atoms with Crippen molar-refractivity contribution in [3.8, 4) is 0 Å². The summed E-state index contributed by atoms with van der Waals surface area (Å²) in [4.78, 5) is 13.1. The largest absolute Gasteiger partial charge is 0.384 e. The minimum Gasteiger partial charge on any atom is -0.384 e. The Morgan fingerprint density at radius 2 is 2.25 bits per heavy atom. The predicted octanol–water partition coefficient (Wildman–Crippen LogP) is 1.87. The Bertz CT molecular complexity index is 466. The van der Waals surface area contributed by atoms with Crippen LogP contribution in [0.1, 0.15) is 12.5 Å². The van der Waals surface area contributed by atoms with E-state index in [0.717, 1.165) is 30.3 Å². The molecule has 0 bridgehead atoms. The maximum Gasteiger partial charge on any atom is 0.219 e. The van der Waals surface area contributed by atoms with E-state index in [9.17, 15) is 4.79 Å². The van der Waals surface area contributed by atoms with Gasteiger partial charge in [0.1, 0.15) is 0 Å². The molecule has 84 valence electrons. The van der Waals surface area contributed by atoms with E-state index in [0.29, 0.717) is 0 Å². The smallest absolute Gasteiger partial charge is 0.219 e. The van der Waals surface area contributed by atoms with E-state index >= 15 is 0 Å². The highest BCUT2D eigenvalue weighted by Crippen LogP contribution is 2.44. The fraction of sp³-hybridized carbons (Fsp3) is 0.417. The van der Waals surface area contributed by atoms with Crippen molar-refractivity contribution in [2.45, 2.75) is 12.3 Å². The normalized spacial score (nSPS) is 20.2. The molecule has 16 heavy (non-hydrogen) atoms. The van der Waals surface area contributed by atoms with Gasteiger partial charge in [0.05, 0.1) is 0 Å². The maximum absolute atomic E-state index is 11.2. The SMILES string of the molecule is CC(=O)N1CC2(CNc3ccc(Cl)cc32)C1. The van der Waals surface area contributed by atoms with E-state index in [1.54, 1.807) is 6.92 Å². The van der Waals surface area contributed by atoms with Gasteiger partial charge in [-0.05, 0) is 23.8 Å². The maximum atomic E-state index is 11.2. The van der Waals surface area contributed by atoms with E-state index in [-0.39, 0.29) is 11.3 Å². The molecule has 3 rings (SSSR count). The van der Waals surface area contributed by atoms with E-state index in [1.807, 2.05) is 23.1 Å². The Hall–Kier alpha value is -1.22. The number of halogens is 1. The molecule has 1 saturated heterocycles. The van der Waals surface area contributed by atoms with Gasteiger partial charge in [-0.25, -0.2) is 0 Å². The van der Waals surface area contributed by atoms with Crippen molar-refractivity contribution in [1.82, 2.24) is 4.90 Å². The molecule has 1 aromatic rings. The lowest BCUT2D eigenvalue weighted by Gasteiger charge is -2.47. The first-order valence-corrected chi connectivity index (χ1v) is 5.78. The standard InChI is InChI=1S/C12H13ClN2O/c1-8(16)15-6-12(7-15)5-14-11-3-2-9(13)4-10(11)12/h2-4,14H,5-7H2,1H3. The van der Waals surface area contributed by atoms with Crippen molar-refractivity contribution < 1.29 is 4.79 Å². The zero-order chi connectivity index (χ0) is 11.3. The summed E-state index contributed by atoms with van der Waals surface area (Å²) >= 11 is 6.02. The minimum atomic E-state index is 0.103. The number of hydrogen-bond donors (Lipinski definition) is 1. The second kappa shape index (κ2) is 3.14.